The van der Waals surface area contributed by atoms with Gasteiger partial charge in [0.15, 0.2) is 0 Å². The van der Waals surface area contributed by atoms with Crippen molar-refractivity contribution in [2.75, 3.05) is 10.0 Å². The van der Waals surface area contributed by atoms with Crippen LogP contribution in [0, 0.1) is 0 Å². The van der Waals surface area contributed by atoms with E-state index in [0.29, 0.717) is 11.4 Å². The third-order valence-corrected chi connectivity index (χ3v) is 3.70. The number of rotatable bonds is 5. The third-order valence-electron chi connectivity index (χ3n) is 2.68. The summed E-state index contributed by atoms with van der Waals surface area (Å²) < 4.78 is 26.5. The zero-order valence-corrected chi connectivity index (χ0v) is 12.8. The minimum atomic E-state index is -3.62. The molecule has 0 atom stereocenters. The van der Waals surface area contributed by atoms with Crippen LogP contribution in [0.4, 0.5) is 11.4 Å². The number of carbonyl (C=O) groups excluding carboxylic acids is 1. The smallest absolute Gasteiger partial charge is 0.255 e. The van der Waals surface area contributed by atoms with Crippen LogP contribution in [0.2, 0.25) is 0 Å². The molecule has 1 amide bonds. The van der Waals surface area contributed by atoms with E-state index in [1.807, 2.05) is 30.3 Å². The quantitative estimate of drug-likeness (QED) is 0.890. The number of sulfonamides is 1. The Balaban J connectivity index is 2.12. The van der Waals surface area contributed by atoms with Crippen molar-refractivity contribution in [1.82, 2.24) is 0 Å². The Morgan fingerprint density at radius 3 is 2.36 bits per heavy atom. The summed E-state index contributed by atoms with van der Waals surface area (Å²) >= 11 is 0. The van der Waals surface area contributed by atoms with E-state index in [4.69, 9.17) is 0 Å². The zero-order valence-electron chi connectivity index (χ0n) is 12.0. The van der Waals surface area contributed by atoms with Crippen LogP contribution in [0.15, 0.2) is 60.0 Å². The van der Waals surface area contributed by atoms with E-state index in [2.05, 4.69) is 10.0 Å². The Bertz CT molecular complexity index is 784. The molecule has 22 heavy (non-hydrogen) atoms. The van der Waals surface area contributed by atoms with Crippen LogP contribution >= 0.6 is 0 Å². The predicted molar refractivity (Wildman–Crippen MR) is 88.8 cm³/mol. The van der Waals surface area contributed by atoms with E-state index in [9.17, 15) is 13.2 Å². The topological polar surface area (TPSA) is 75.3 Å². The number of amides is 1. The number of hydrogen-bond donors (Lipinski definition) is 2. The van der Waals surface area contributed by atoms with E-state index < -0.39 is 10.0 Å². The van der Waals surface area contributed by atoms with Crippen LogP contribution in [-0.4, -0.2) is 14.3 Å². The highest BCUT2D eigenvalue weighted by Crippen LogP contribution is 2.17. The molecule has 2 N–H and O–H groups in total. The van der Waals surface area contributed by atoms with Crippen LogP contribution in [-0.2, 0) is 14.8 Å². The van der Waals surface area contributed by atoms with Gasteiger partial charge in [0.2, 0.25) is 5.91 Å². The number of carbonyl (C=O) groups is 1. The zero-order chi connectivity index (χ0) is 16.0. The van der Waals surface area contributed by atoms with Crippen molar-refractivity contribution in [2.45, 2.75) is 6.92 Å². The highest BCUT2D eigenvalue weighted by Gasteiger charge is 2.06. The second kappa shape index (κ2) is 6.91. The van der Waals surface area contributed by atoms with E-state index in [0.717, 1.165) is 11.0 Å². The Labute approximate surface area is 129 Å². The lowest BCUT2D eigenvalue weighted by Crippen LogP contribution is -2.10. The highest BCUT2D eigenvalue weighted by atomic mass is 32.2. The Kier molecular flexibility index (Phi) is 4.95. The fourth-order valence-electron chi connectivity index (χ4n) is 1.79. The average molecular weight is 316 g/mol. The van der Waals surface area contributed by atoms with Crippen molar-refractivity contribution in [2.24, 2.45) is 0 Å². The molecule has 2 aromatic carbocycles. The molecule has 0 radical (unpaired) electrons. The molecule has 0 fully saturated rings. The maximum Gasteiger partial charge on any atom is 0.255 e. The lowest BCUT2D eigenvalue weighted by Gasteiger charge is -2.07. The molecule has 6 heteroatoms. The molecule has 2 rings (SSSR count). The lowest BCUT2D eigenvalue weighted by atomic mass is 10.2. The first-order chi connectivity index (χ1) is 10.4. The molecule has 0 unspecified atom stereocenters. The van der Waals surface area contributed by atoms with Crippen LogP contribution < -0.4 is 10.0 Å². The Hall–Kier alpha value is -2.60. The minimum Gasteiger partial charge on any atom is -0.326 e. The van der Waals surface area contributed by atoms with E-state index in [-0.39, 0.29) is 5.91 Å². The van der Waals surface area contributed by atoms with Crippen molar-refractivity contribution in [3.05, 3.63) is 65.6 Å². The summed E-state index contributed by atoms with van der Waals surface area (Å²) in [5.41, 5.74) is 1.70. The van der Waals surface area contributed by atoms with Crippen molar-refractivity contribution < 1.29 is 13.2 Å². The summed E-state index contributed by atoms with van der Waals surface area (Å²) in [5, 5.41) is 3.70. The van der Waals surface area contributed by atoms with Gasteiger partial charge in [0.25, 0.3) is 10.0 Å². The SMILES string of the molecule is CC(=O)Nc1cccc(NS(=O)(=O)C=Cc2ccccc2)c1. The van der Waals surface area contributed by atoms with Crippen LogP contribution in [0.1, 0.15) is 12.5 Å². The molecule has 0 spiro atoms. The van der Waals surface area contributed by atoms with Gasteiger partial charge in [-0.15, -0.1) is 0 Å². The molecule has 0 saturated heterocycles. The van der Waals surface area contributed by atoms with E-state index in [1.54, 1.807) is 24.3 Å². The van der Waals surface area contributed by atoms with Gasteiger partial charge in [0, 0.05) is 12.6 Å². The number of anilines is 2. The summed E-state index contributed by atoms with van der Waals surface area (Å²) in [6, 6.07) is 15.6. The second-order valence-corrected chi connectivity index (χ2v) is 6.19. The maximum atomic E-state index is 12.0. The number of hydrogen-bond acceptors (Lipinski definition) is 3. The van der Waals surface area contributed by atoms with Crippen LogP contribution in [0.5, 0.6) is 0 Å². The standard InChI is InChI=1S/C16H16N2O3S/c1-13(19)17-15-8-5-9-16(12-15)18-22(20,21)11-10-14-6-3-2-4-7-14/h2-12,18H,1H3,(H,17,19). The fraction of sp³-hybridized carbons (Fsp3) is 0.0625. The highest BCUT2D eigenvalue weighted by molar-refractivity contribution is 7.95. The summed E-state index contributed by atoms with van der Waals surface area (Å²) in [7, 11) is -3.62. The molecule has 0 bridgehead atoms. The molecular formula is C16H16N2O3S. The van der Waals surface area contributed by atoms with E-state index >= 15 is 0 Å². The molecule has 0 saturated carbocycles. The monoisotopic (exact) mass is 316 g/mol. The van der Waals surface area contributed by atoms with E-state index in [1.165, 1.54) is 13.0 Å². The molecule has 2 aromatic rings. The van der Waals surface area contributed by atoms with Crippen molar-refractivity contribution in [3.8, 4) is 0 Å². The third kappa shape index (κ3) is 5.06. The lowest BCUT2D eigenvalue weighted by molar-refractivity contribution is -0.114. The van der Waals surface area contributed by atoms with Gasteiger partial charge in [-0.3, -0.25) is 9.52 Å². The van der Waals surface area contributed by atoms with Gasteiger partial charge in [0.1, 0.15) is 0 Å². The molecule has 0 aromatic heterocycles. The van der Waals surface area contributed by atoms with Crippen LogP contribution in [0.3, 0.4) is 0 Å². The molecule has 0 aliphatic carbocycles. The van der Waals surface area contributed by atoms with Gasteiger partial charge >= 0.3 is 0 Å². The summed E-state index contributed by atoms with van der Waals surface area (Å²) in [6.07, 6.45) is 1.51. The summed E-state index contributed by atoms with van der Waals surface area (Å²) in [5.74, 6) is -0.219. The predicted octanol–water partition coefficient (Wildman–Crippen LogP) is 3.06. The molecule has 0 heterocycles. The minimum absolute atomic E-state index is 0.219. The van der Waals surface area contributed by atoms with Crippen molar-refractivity contribution in [1.29, 1.82) is 0 Å². The van der Waals surface area contributed by atoms with Crippen molar-refractivity contribution >= 4 is 33.4 Å². The number of nitrogens with one attached hydrogen (secondary N) is 2. The largest absolute Gasteiger partial charge is 0.326 e. The van der Waals surface area contributed by atoms with Gasteiger partial charge in [0.05, 0.1) is 11.1 Å². The summed E-state index contributed by atoms with van der Waals surface area (Å²) in [4.78, 5) is 11.0. The maximum absolute atomic E-state index is 12.0. The van der Waals surface area contributed by atoms with Gasteiger partial charge in [-0.05, 0) is 29.8 Å². The van der Waals surface area contributed by atoms with Gasteiger partial charge in [-0.25, -0.2) is 8.42 Å². The fourth-order valence-corrected chi connectivity index (χ4v) is 2.65. The molecule has 5 nitrogen and oxygen atoms in total. The van der Waals surface area contributed by atoms with Gasteiger partial charge < -0.3 is 5.32 Å². The first-order valence-electron chi connectivity index (χ1n) is 6.58. The molecule has 114 valence electrons. The van der Waals surface area contributed by atoms with Gasteiger partial charge in [-0.2, -0.15) is 0 Å². The average Bonchev–Trinajstić information content (AvgIpc) is 2.45. The Morgan fingerprint density at radius 2 is 1.68 bits per heavy atom. The normalized spacial score (nSPS) is 11.3. The van der Waals surface area contributed by atoms with Crippen LogP contribution in [0.25, 0.3) is 6.08 Å². The second-order valence-electron chi connectivity index (χ2n) is 4.62. The first kappa shape index (κ1) is 15.8. The van der Waals surface area contributed by atoms with Gasteiger partial charge in [-0.1, -0.05) is 36.4 Å². The Morgan fingerprint density at radius 1 is 1.00 bits per heavy atom. The molecule has 0 aliphatic heterocycles. The molecular weight excluding hydrogens is 300 g/mol. The number of benzene rings is 2. The first-order valence-corrected chi connectivity index (χ1v) is 8.13. The summed E-state index contributed by atoms with van der Waals surface area (Å²) in [6.45, 7) is 1.39. The van der Waals surface area contributed by atoms with Crippen molar-refractivity contribution in [3.63, 3.8) is 0 Å². The molecule has 0 aliphatic rings.